The maximum Gasteiger partial charge on any atom is 0.494 e. The van der Waals surface area contributed by atoms with Gasteiger partial charge in [0, 0.05) is 4.11 Å². The van der Waals surface area contributed by atoms with Crippen LogP contribution in [0.4, 0.5) is 4.39 Å². The summed E-state index contributed by atoms with van der Waals surface area (Å²) in [5.74, 6) is -1.37. The molecule has 0 aromatic heterocycles. The summed E-state index contributed by atoms with van der Waals surface area (Å²) in [6.07, 6.45) is 0. The highest BCUT2D eigenvalue weighted by atomic mass is 19.1. The second kappa shape index (κ2) is 3.82. The molecule has 1 fully saturated rings. The Kier molecular flexibility index (Phi) is 1.55. The Morgan fingerprint density at radius 2 is 1.82 bits per heavy atom. The molecule has 0 amide bonds. The van der Waals surface area contributed by atoms with Crippen molar-refractivity contribution in [1.82, 2.24) is 0 Å². The van der Waals surface area contributed by atoms with Crippen molar-refractivity contribution in [3.63, 3.8) is 0 Å². The van der Waals surface area contributed by atoms with E-state index < -0.39 is 54.7 Å². The number of hydrogen-bond donors (Lipinski definition) is 0. The van der Waals surface area contributed by atoms with Crippen LogP contribution in [-0.4, -0.2) is 18.3 Å². The van der Waals surface area contributed by atoms with Crippen LogP contribution in [0.25, 0.3) is 0 Å². The molecule has 0 bridgehead atoms. The third-order valence-electron chi connectivity index (χ3n) is 3.28. The van der Waals surface area contributed by atoms with Crippen molar-refractivity contribution in [3.05, 3.63) is 29.5 Å². The minimum absolute atomic E-state index is 0.235. The first-order chi connectivity index (χ1) is 10.2. The van der Waals surface area contributed by atoms with Crippen LogP contribution in [0.3, 0.4) is 0 Å². The third kappa shape index (κ3) is 2.12. The SMILES string of the molecule is [2H]c1c([2H])c(B2OC(C)(C)C(C)(C)O2)c([2H])c(C([2H])([2H])[2H])c1F. The first-order valence-corrected chi connectivity index (χ1v) is 5.36. The van der Waals surface area contributed by atoms with Crippen molar-refractivity contribution in [3.8, 4) is 0 Å². The maximum absolute atomic E-state index is 14.1. The van der Waals surface area contributed by atoms with E-state index in [0.29, 0.717) is 0 Å². The molecule has 0 spiro atoms. The van der Waals surface area contributed by atoms with Crippen LogP contribution in [0.5, 0.6) is 0 Å². The van der Waals surface area contributed by atoms with E-state index in [0.717, 1.165) is 0 Å². The number of benzene rings is 1. The maximum atomic E-state index is 14.1. The Morgan fingerprint density at radius 3 is 2.35 bits per heavy atom. The highest BCUT2D eigenvalue weighted by molar-refractivity contribution is 6.62. The molecule has 92 valence electrons. The predicted molar refractivity (Wildman–Crippen MR) is 66.9 cm³/mol. The van der Waals surface area contributed by atoms with Gasteiger partial charge in [-0.2, -0.15) is 0 Å². The number of rotatable bonds is 1. The average Bonchev–Trinajstić information content (AvgIpc) is 2.53. The molecule has 4 heteroatoms. The molecule has 2 nitrogen and oxygen atoms in total. The number of halogens is 1. The second-order valence-corrected chi connectivity index (χ2v) is 5.07. The van der Waals surface area contributed by atoms with Crippen molar-refractivity contribution in [2.75, 3.05) is 0 Å². The van der Waals surface area contributed by atoms with Gasteiger partial charge >= 0.3 is 7.12 Å². The van der Waals surface area contributed by atoms with Gasteiger partial charge in [0.1, 0.15) is 5.82 Å². The summed E-state index contributed by atoms with van der Waals surface area (Å²) in [7, 11) is -1.20. The molecule has 1 aliphatic rings. The van der Waals surface area contributed by atoms with Crippen molar-refractivity contribution >= 4 is 12.6 Å². The number of hydrogen-bond acceptors (Lipinski definition) is 2. The minimum Gasteiger partial charge on any atom is -0.399 e. The fourth-order valence-corrected chi connectivity index (χ4v) is 1.48. The van der Waals surface area contributed by atoms with E-state index in [4.69, 9.17) is 17.5 Å². The molecule has 0 atom stereocenters. The Bertz CT molecular complexity index is 643. The summed E-state index contributed by atoms with van der Waals surface area (Å²) in [5, 5.41) is 0. The first-order valence-electron chi connectivity index (χ1n) is 8.36. The van der Waals surface area contributed by atoms with E-state index in [-0.39, 0.29) is 5.46 Å². The van der Waals surface area contributed by atoms with Gasteiger partial charge in [0.15, 0.2) is 0 Å². The van der Waals surface area contributed by atoms with E-state index >= 15 is 0 Å². The van der Waals surface area contributed by atoms with E-state index in [1.54, 1.807) is 27.7 Å². The molecule has 1 aromatic carbocycles. The zero-order chi connectivity index (χ0) is 18.0. The van der Waals surface area contributed by atoms with E-state index in [2.05, 4.69) is 0 Å². The molecular weight excluding hydrogens is 218 g/mol. The fourth-order valence-electron chi connectivity index (χ4n) is 1.48. The van der Waals surface area contributed by atoms with E-state index in [9.17, 15) is 4.39 Å². The van der Waals surface area contributed by atoms with Crippen LogP contribution in [-0.2, 0) is 9.31 Å². The Balaban J connectivity index is 2.68. The molecule has 1 aromatic rings. The largest absolute Gasteiger partial charge is 0.494 e. The molecular formula is C13H18BFO2. The lowest BCUT2D eigenvalue weighted by molar-refractivity contribution is 0.00578. The molecule has 1 aliphatic heterocycles. The van der Waals surface area contributed by atoms with Crippen molar-refractivity contribution in [1.29, 1.82) is 0 Å². The average molecular weight is 242 g/mol. The van der Waals surface area contributed by atoms with Crippen LogP contribution >= 0.6 is 0 Å². The summed E-state index contributed by atoms with van der Waals surface area (Å²) in [6.45, 7) is 4.13. The summed E-state index contributed by atoms with van der Waals surface area (Å²) >= 11 is 0. The molecule has 2 rings (SSSR count). The van der Waals surface area contributed by atoms with Crippen LogP contribution < -0.4 is 5.46 Å². The van der Waals surface area contributed by atoms with E-state index in [1.807, 2.05) is 0 Å². The predicted octanol–water partition coefficient (Wildman–Crippen LogP) is 2.43. The molecule has 17 heavy (non-hydrogen) atoms. The smallest absolute Gasteiger partial charge is 0.399 e. The zero-order valence-electron chi connectivity index (χ0n) is 16.3. The van der Waals surface area contributed by atoms with Crippen LogP contribution in [0.2, 0.25) is 0 Å². The molecule has 0 radical (unpaired) electrons. The van der Waals surface area contributed by atoms with E-state index in [1.165, 1.54) is 0 Å². The minimum atomic E-state index is -2.91. The van der Waals surface area contributed by atoms with Gasteiger partial charge in [0.25, 0.3) is 0 Å². The van der Waals surface area contributed by atoms with Gasteiger partial charge in [-0.15, -0.1) is 0 Å². The van der Waals surface area contributed by atoms with Gasteiger partial charge in [-0.05, 0) is 51.6 Å². The molecule has 0 saturated carbocycles. The van der Waals surface area contributed by atoms with Crippen molar-refractivity contribution in [2.24, 2.45) is 0 Å². The molecule has 0 N–H and O–H groups in total. The van der Waals surface area contributed by atoms with Gasteiger partial charge in [-0.3, -0.25) is 0 Å². The topological polar surface area (TPSA) is 18.5 Å². The molecule has 0 aliphatic carbocycles. The highest BCUT2D eigenvalue weighted by Crippen LogP contribution is 2.36. The molecule has 1 heterocycles. The zero-order valence-corrected chi connectivity index (χ0v) is 10.3. The quantitative estimate of drug-likeness (QED) is 0.704. The summed E-state index contributed by atoms with van der Waals surface area (Å²) < 4.78 is 71.4. The fraction of sp³-hybridized carbons (Fsp3) is 0.538. The van der Waals surface area contributed by atoms with Crippen molar-refractivity contribution < 1.29 is 21.9 Å². The monoisotopic (exact) mass is 242 g/mol. The second-order valence-electron chi connectivity index (χ2n) is 5.07. The first kappa shape index (κ1) is 6.91. The van der Waals surface area contributed by atoms with Gasteiger partial charge in [-0.25, -0.2) is 4.39 Å². The van der Waals surface area contributed by atoms with Gasteiger partial charge in [0.2, 0.25) is 0 Å². The lowest BCUT2D eigenvalue weighted by Gasteiger charge is -2.32. The highest BCUT2D eigenvalue weighted by Gasteiger charge is 2.51. The normalized spacial score (nSPS) is 27.7. The lowest BCUT2D eigenvalue weighted by atomic mass is 9.78. The summed E-state index contributed by atoms with van der Waals surface area (Å²) in [4.78, 5) is 0. The van der Waals surface area contributed by atoms with Gasteiger partial charge in [0.05, 0.1) is 15.3 Å². The summed E-state index contributed by atoms with van der Waals surface area (Å²) in [6, 6.07) is -2.15. The summed E-state index contributed by atoms with van der Waals surface area (Å²) in [5.41, 5.74) is -2.66. The Morgan fingerprint density at radius 1 is 1.24 bits per heavy atom. The lowest BCUT2D eigenvalue weighted by Crippen LogP contribution is -2.41. The van der Waals surface area contributed by atoms with Crippen LogP contribution in [0, 0.1) is 12.7 Å². The van der Waals surface area contributed by atoms with Gasteiger partial charge in [-0.1, -0.05) is 12.1 Å². The molecule has 0 unspecified atom stereocenters. The Hall–Kier alpha value is -0.865. The van der Waals surface area contributed by atoms with Gasteiger partial charge < -0.3 is 9.31 Å². The molecule has 1 saturated heterocycles. The standard InChI is InChI=1S/C13H18BFO2/c1-9-8-10(6-7-11(9)15)14-16-12(2,3)13(4,5)17-14/h6-8H,1-5H3/i1D3,6D,7D,8D. The van der Waals surface area contributed by atoms with Crippen LogP contribution in [0.15, 0.2) is 18.1 Å². The third-order valence-corrected chi connectivity index (χ3v) is 3.28. The van der Waals surface area contributed by atoms with Crippen LogP contribution in [0.1, 0.15) is 41.5 Å². The Labute approximate surface area is 111 Å². The van der Waals surface area contributed by atoms with Crippen molar-refractivity contribution in [2.45, 2.75) is 45.7 Å².